The standard InChI is InChI=1S/C17H24N2O2S/c20-22(21,19-10-8-17(13-19)7-9-18-12-17)16-6-5-14-3-1-2-4-15(14)11-16/h5-6,11,18H,1-4,7-10,12-13H2. The first-order valence-electron chi connectivity index (χ1n) is 8.42. The van der Waals surface area contributed by atoms with E-state index in [1.165, 1.54) is 24.0 Å². The lowest BCUT2D eigenvalue weighted by Gasteiger charge is -2.23. The molecule has 1 atom stereocenters. The third-order valence-corrected chi connectivity index (χ3v) is 7.53. The third kappa shape index (κ3) is 2.39. The summed E-state index contributed by atoms with van der Waals surface area (Å²) in [4.78, 5) is 0.496. The van der Waals surface area contributed by atoms with Crippen LogP contribution in [-0.4, -0.2) is 38.9 Å². The van der Waals surface area contributed by atoms with Gasteiger partial charge in [-0.25, -0.2) is 8.42 Å². The maximum atomic E-state index is 13.0. The molecule has 1 aromatic carbocycles. The minimum absolute atomic E-state index is 0.182. The second-order valence-electron chi connectivity index (χ2n) is 7.15. The highest BCUT2D eigenvalue weighted by atomic mass is 32.2. The Balaban J connectivity index is 1.61. The molecule has 2 heterocycles. The quantitative estimate of drug-likeness (QED) is 0.906. The van der Waals surface area contributed by atoms with Crippen LogP contribution in [0.5, 0.6) is 0 Å². The molecule has 2 fully saturated rings. The average Bonchev–Trinajstić information content (AvgIpc) is 3.18. The van der Waals surface area contributed by atoms with Crippen LogP contribution in [0.15, 0.2) is 23.1 Å². The van der Waals surface area contributed by atoms with Crippen molar-refractivity contribution < 1.29 is 8.42 Å². The molecule has 2 aliphatic heterocycles. The molecule has 0 amide bonds. The lowest BCUT2D eigenvalue weighted by Crippen LogP contribution is -2.33. The fourth-order valence-corrected chi connectivity index (χ4v) is 5.87. The number of hydrogen-bond donors (Lipinski definition) is 1. The summed E-state index contributed by atoms with van der Waals surface area (Å²) in [5.74, 6) is 0. The predicted octanol–water partition coefficient (Wildman–Crippen LogP) is 1.94. The second-order valence-corrected chi connectivity index (χ2v) is 9.09. The van der Waals surface area contributed by atoms with Crippen LogP contribution < -0.4 is 5.32 Å². The molecule has 4 nitrogen and oxygen atoms in total. The van der Waals surface area contributed by atoms with Gasteiger partial charge in [0, 0.05) is 19.6 Å². The topological polar surface area (TPSA) is 49.4 Å². The summed E-state index contributed by atoms with van der Waals surface area (Å²) in [6.07, 6.45) is 6.60. The normalized spacial score (nSPS) is 29.1. The van der Waals surface area contributed by atoms with E-state index in [1.807, 2.05) is 18.2 Å². The first-order valence-corrected chi connectivity index (χ1v) is 9.86. The molecule has 22 heavy (non-hydrogen) atoms. The number of benzene rings is 1. The second kappa shape index (κ2) is 5.32. The molecule has 1 spiro atoms. The van der Waals surface area contributed by atoms with E-state index < -0.39 is 10.0 Å². The van der Waals surface area contributed by atoms with Crippen LogP contribution in [0, 0.1) is 5.41 Å². The first-order chi connectivity index (χ1) is 10.6. The zero-order valence-electron chi connectivity index (χ0n) is 13.0. The van der Waals surface area contributed by atoms with E-state index in [2.05, 4.69) is 5.32 Å². The Morgan fingerprint density at radius 2 is 1.91 bits per heavy atom. The van der Waals surface area contributed by atoms with Gasteiger partial charge in [0.2, 0.25) is 10.0 Å². The highest BCUT2D eigenvalue weighted by Crippen LogP contribution is 2.38. The largest absolute Gasteiger partial charge is 0.316 e. The fourth-order valence-electron chi connectivity index (χ4n) is 4.26. The number of fused-ring (bicyclic) bond motifs is 1. The Morgan fingerprint density at radius 1 is 1.09 bits per heavy atom. The van der Waals surface area contributed by atoms with Crippen LogP contribution in [0.2, 0.25) is 0 Å². The molecule has 0 saturated carbocycles. The fraction of sp³-hybridized carbons (Fsp3) is 0.647. The van der Waals surface area contributed by atoms with Gasteiger partial charge >= 0.3 is 0 Å². The Bertz CT molecular complexity index is 678. The molecule has 0 aromatic heterocycles. The van der Waals surface area contributed by atoms with Crippen molar-refractivity contribution in [2.45, 2.75) is 43.4 Å². The van der Waals surface area contributed by atoms with E-state index in [0.29, 0.717) is 18.0 Å². The molecule has 1 aliphatic carbocycles. The Kier molecular flexibility index (Phi) is 3.55. The van der Waals surface area contributed by atoms with E-state index in [9.17, 15) is 8.42 Å². The van der Waals surface area contributed by atoms with E-state index in [0.717, 1.165) is 38.8 Å². The molecule has 1 N–H and O–H groups in total. The van der Waals surface area contributed by atoms with Gasteiger partial charge in [-0.05, 0) is 73.7 Å². The minimum Gasteiger partial charge on any atom is -0.316 e. The van der Waals surface area contributed by atoms with Crippen molar-refractivity contribution in [3.63, 3.8) is 0 Å². The van der Waals surface area contributed by atoms with Crippen LogP contribution >= 0.6 is 0 Å². The number of sulfonamides is 1. The summed E-state index contributed by atoms with van der Waals surface area (Å²) < 4.78 is 27.6. The van der Waals surface area contributed by atoms with Crippen molar-refractivity contribution in [3.05, 3.63) is 29.3 Å². The van der Waals surface area contributed by atoms with Gasteiger partial charge in [-0.1, -0.05) is 6.07 Å². The maximum Gasteiger partial charge on any atom is 0.243 e. The highest BCUT2D eigenvalue weighted by molar-refractivity contribution is 7.89. The van der Waals surface area contributed by atoms with Crippen molar-refractivity contribution in [3.8, 4) is 0 Å². The van der Waals surface area contributed by atoms with Crippen molar-refractivity contribution in [2.24, 2.45) is 5.41 Å². The molecule has 120 valence electrons. The lowest BCUT2D eigenvalue weighted by atomic mass is 9.87. The summed E-state index contributed by atoms with van der Waals surface area (Å²) in [6, 6.07) is 5.78. The summed E-state index contributed by atoms with van der Waals surface area (Å²) in [7, 11) is -3.33. The predicted molar refractivity (Wildman–Crippen MR) is 86.4 cm³/mol. The molecule has 3 aliphatic rings. The van der Waals surface area contributed by atoms with Gasteiger partial charge in [0.15, 0.2) is 0 Å². The van der Waals surface area contributed by atoms with E-state index in [-0.39, 0.29) is 5.41 Å². The van der Waals surface area contributed by atoms with E-state index >= 15 is 0 Å². The Hall–Kier alpha value is -0.910. The molecule has 5 heteroatoms. The summed E-state index contributed by atoms with van der Waals surface area (Å²) >= 11 is 0. The average molecular weight is 320 g/mol. The first kappa shape index (κ1) is 14.7. The van der Waals surface area contributed by atoms with Crippen molar-refractivity contribution in [2.75, 3.05) is 26.2 Å². The molecular weight excluding hydrogens is 296 g/mol. The number of nitrogens with zero attached hydrogens (tertiary/aromatic N) is 1. The molecule has 1 unspecified atom stereocenters. The van der Waals surface area contributed by atoms with Crippen molar-refractivity contribution >= 4 is 10.0 Å². The third-order valence-electron chi connectivity index (χ3n) is 5.69. The molecular formula is C17H24N2O2S. The SMILES string of the molecule is O=S(=O)(c1ccc2c(c1)CCCC2)N1CCC2(CCNC2)C1. The van der Waals surface area contributed by atoms with Crippen LogP contribution in [0.3, 0.4) is 0 Å². The van der Waals surface area contributed by atoms with Gasteiger partial charge in [-0.3, -0.25) is 0 Å². The van der Waals surface area contributed by atoms with Crippen molar-refractivity contribution in [1.29, 1.82) is 0 Å². The van der Waals surface area contributed by atoms with Gasteiger partial charge in [0.1, 0.15) is 0 Å². The zero-order valence-corrected chi connectivity index (χ0v) is 13.8. The van der Waals surface area contributed by atoms with Gasteiger partial charge in [-0.2, -0.15) is 4.31 Å². The molecule has 0 radical (unpaired) electrons. The minimum atomic E-state index is -3.33. The summed E-state index contributed by atoms with van der Waals surface area (Å²) in [5.41, 5.74) is 2.76. The van der Waals surface area contributed by atoms with Gasteiger partial charge < -0.3 is 5.32 Å². The summed E-state index contributed by atoms with van der Waals surface area (Å²) in [6.45, 7) is 3.33. The van der Waals surface area contributed by atoms with Crippen LogP contribution in [0.1, 0.15) is 36.8 Å². The molecule has 1 aromatic rings. The van der Waals surface area contributed by atoms with Crippen LogP contribution in [0.25, 0.3) is 0 Å². The monoisotopic (exact) mass is 320 g/mol. The number of aryl methyl sites for hydroxylation is 2. The van der Waals surface area contributed by atoms with E-state index in [4.69, 9.17) is 0 Å². The number of rotatable bonds is 2. The molecule has 4 rings (SSSR count). The lowest BCUT2D eigenvalue weighted by molar-refractivity contribution is 0.338. The van der Waals surface area contributed by atoms with Crippen LogP contribution in [-0.2, 0) is 22.9 Å². The van der Waals surface area contributed by atoms with Gasteiger partial charge in [-0.15, -0.1) is 0 Å². The summed E-state index contributed by atoms with van der Waals surface area (Å²) in [5, 5.41) is 3.39. The van der Waals surface area contributed by atoms with Crippen LogP contribution in [0.4, 0.5) is 0 Å². The van der Waals surface area contributed by atoms with Crippen molar-refractivity contribution in [1.82, 2.24) is 9.62 Å². The molecule has 0 bridgehead atoms. The zero-order chi connectivity index (χ0) is 15.2. The highest BCUT2D eigenvalue weighted by Gasteiger charge is 2.44. The molecule has 2 saturated heterocycles. The number of nitrogens with one attached hydrogen (secondary N) is 1. The Labute approximate surface area is 132 Å². The van der Waals surface area contributed by atoms with Gasteiger partial charge in [0.25, 0.3) is 0 Å². The van der Waals surface area contributed by atoms with E-state index in [1.54, 1.807) is 4.31 Å². The smallest absolute Gasteiger partial charge is 0.243 e. The Morgan fingerprint density at radius 3 is 2.68 bits per heavy atom. The maximum absolute atomic E-state index is 13.0. The number of hydrogen-bond acceptors (Lipinski definition) is 3. The van der Waals surface area contributed by atoms with Gasteiger partial charge in [0.05, 0.1) is 4.90 Å².